The van der Waals surface area contributed by atoms with E-state index in [4.69, 9.17) is 4.42 Å². The summed E-state index contributed by atoms with van der Waals surface area (Å²) in [5.41, 5.74) is 1.15. The molecule has 2 heterocycles. The predicted molar refractivity (Wildman–Crippen MR) is 81.5 cm³/mol. The summed E-state index contributed by atoms with van der Waals surface area (Å²) in [6.07, 6.45) is 3.21. The summed E-state index contributed by atoms with van der Waals surface area (Å²) < 4.78 is 5.26. The molecular weight excluding hydrogens is 266 g/mol. The smallest absolute Gasteiger partial charge is 0.295 e. The van der Waals surface area contributed by atoms with E-state index in [0.717, 1.165) is 11.5 Å². The van der Waals surface area contributed by atoms with Gasteiger partial charge in [-0.15, -0.1) is 0 Å². The van der Waals surface area contributed by atoms with E-state index in [1.54, 1.807) is 34.5 Å². The molecule has 21 heavy (non-hydrogen) atoms. The molecule has 0 saturated carbocycles. The number of anilines is 1. The fraction of sp³-hybridized carbons (Fsp3) is 0.125. The van der Waals surface area contributed by atoms with Crippen LogP contribution in [0.1, 0.15) is 12.7 Å². The zero-order valence-electron chi connectivity index (χ0n) is 11.9. The Morgan fingerprint density at radius 2 is 1.90 bits per heavy atom. The maximum atomic E-state index is 12.7. The van der Waals surface area contributed by atoms with Gasteiger partial charge in [-0.3, -0.25) is 9.80 Å². The van der Waals surface area contributed by atoms with Crippen molar-refractivity contribution in [1.29, 1.82) is 0 Å². The Morgan fingerprint density at radius 3 is 2.57 bits per heavy atom. The van der Waals surface area contributed by atoms with Crippen LogP contribution in [0.5, 0.6) is 0 Å². The topological polar surface area (TPSA) is 49.1 Å². The monoisotopic (exact) mass is 281 g/mol. The Labute approximate surface area is 122 Å². The SMILES string of the molecule is CC1=N/C(=C\c2ccco2)C(=O)N(c2ccccc2)N1C. The van der Waals surface area contributed by atoms with Crippen LogP contribution in [0.4, 0.5) is 5.69 Å². The van der Waals surface area contributed by atoms with Crippen molar-refractivity contribution in [2.24, 2.45) is 4.99 Å². The number of para-hydroxylation sites is 1. The van der Waals surface area contributed by atoms with Crippen molar-refractivity contribution in [2.45, 2.75) is 6.92 Å². The molecule has 0 unspecified atom stereocenters. The van der Waals surface area contributed by atoms with Crippen molar-refractivity contribution in [3.05, 3.63) is 60.2 Å². The molecule has 0 N–H and O–H groups in total. The van der Waals surface area contributed by atoms with Crippen LogP contribution in [0.2, 0.25) is 0 Å². The van der Waals surface area contributed by atoms with Crippen molar-refractivity contribution in [3.63, 3.8) is 0 Å². The summed E-state index contributed by atoms with van der Waals surface area (Å²) in [6.45, 7) is 1.86. The molecule has 2 aromatic rings. The molecular formula is C16H15N3O2. The number of carbonyl (C=O) groups is 1. The number of aliphatic imine (C=N–C) groups is 1. The number of hydrogen-bond donors (Lipinski definition) is 0. The number of carbonyl (C=O) groups excluding carboxylic acids is 1. The highest BCUT2D eigenvalue weighted by atomic mass is 16.3. The average molecular weight is 281 g/mol. The van der Waals surface area contributed by atoms with Gasteiger partial charge in [-0.05, 0) is 31.2 Å². The molecule has 5 nitrogen and oxygen atoms in total. The number of hydrazine groups is 1. The summed E-state index contributed by atoms with van der Waals surface area (Å²) in [7, 11) is 1.81. The lowest BCUT2D eigenvalue weighted by Crippen LogP contribution is -2.50. The summed E-state index contributed by atoms with van der Waals surface area (Å²) in [5, 5.41) is 3.33. The van der Waals surface area contributed by atoms with E-state index < -0.39 is 0 Å². The first-order chi connectivity index (χ1) is 10.2. The van der Waals surface area contributed by atoms with Gasteiger partial charge in [-0.1, -0.05) is 18.2 Å². The molecule has 3 rings (SSSR count). The minimum absolute atomic E-state index is 0.189. The van der Waals surface area contributed by atoms with E-state index in [-0.39, 0.29) is 5.91 Å². The normalized spacial score (nSPS) is 17.3. The second-order valence-electron chi connectivity index (χ2n) is 4.68. The Morgan fingerprint density at radius 1 is 1.14 bits per heavy atom. The fourth-order valence-electron chi connectivity index (χ4n) is 2.15. The Kier molecular flexibility index (Phi) is 3.31. The number of rotatable bonds is 2. The zero-order valence-corrected chi connectivity index (χ0v) is 11.9. The van der Waals surface area contributed by atoms with Crippen LogP contribution in [0.25, 0.3) is 6.08 Å². The standard InChI is InChI=1S/C16H15N3O2/c1-12-17-15(11-14-9-6-10-21-14)16(20)19(18(12)2)13-7-4-3-5-8-13/h3-11H,1-2H3/b15-11-. The molecule has 0 atom stereocenters. The van der Waals surface area contributed by atoms with Crippen molar-refractivity contribution < 1.29 is 9.21 Å². The third kappa shape index (κ3) is 2.45. The maximum Gasteiger partial charge on any atom is 0.295 e. The Balaban J connectivity index is 2.04. The van der Waals surface area contributed by atoms with Crippen molar-refractivity contribution >= 4 is 23.5 Å². The number of furan rings is 1. The third-order valence-electron chi connectivity index (χ3n) is 3.28. The molecule has 0 spiro atoms. The van der Waals surface area contributed by atoms with Gasteiger partial charge in [-0.2, -0.15) is 0 Å². The van der Waals surface area contributed by atoms with Gasteiger partial charge in [0.1, 0.15) is 17.3 Å². The molecule has 0 aliphatic carbocycles. The second-order valence-corrected chi connectivity index (χ2v) is 4.68. The lowest BCUT2D eigenvalue weighted by atomic mass is 10.2. The van der Waals surface area contributed by atoms with Crippen LogP contribution in [0, 0.1) is 0 Å². The summed E-state index contributed by atoms with van der Waals surface area (Å²) in [6, 6.07) is 13.0. The molecule has 1 aliphatic heterocycles. The van der Waals surface area contributed by atoms with E-state index in [2.05, 4.69) is 4.99 Å². The molecule has 1 aromatic heterocycles. The van der Waals surface area contributed by atoms with Gasteiger partial charge in [0.2, 0.25) is 0 Å². The molecule has 1 aromatic carbocycles. The highest BCUT2D eigenvalue weighted by Crippen LogP contribution is 2.24. The fourth-order valence-corrected chi connectivity index (χ4v) is 2.15. The largest absolute Gasteiger partial charge is 0.465 e. The number of nitrogens with zero attached hydrogens (tertiary/aromatic N) is 3. The quantitative estimate of drug-likeness (QED) is 0.795. The minimum Gasteiger partial charge on any atom is -0.465 e. The molecule has 0 saturated heterocycles. The Hall–Kier alpha value is -2.82. The minimum atomic E-state index is -0.189. The van der Waals surface area contributed by atoms with Crippen LogP contribution < -0.4 is 5.01 Å². The number of benzene rings is 1. The molecule has 0 fully saturated rings. The number of hydrogen-bond acceptors (Lipinski definition) is 4. The maximum absolute atomic E-state index is 12.7. The van der Waals surface area contributed by atoms with Gasteiger partial charge >= 0.3 is 0 Å². The van der Waals surface area contributed by atoms with Crippen LogP contribution >= 0.6 is 0 Å². The lowest BCUT2D eigenvalue weighted by Gasteiger charge is -2.36. The van der Waals surface area contributed by atoms with E-state index in [0.29, 0.717) is 11.5 Å². The molecule has 0 bridgehead atoms. The summed E-state index contributed by atoms with van der Waals surface area (Å²) in [4.78, 5) is 17.0. The first kappa shape index (κ1) is 13.2. The van der Waals surface area contributed by atoms with E-state index >= 15 is 0 Å². The van der Waals surface area contributed by atoms with Gasteiger partial charge in [-0.25, -0.2) is 10.0 Å². The Bertz CT molecular complexity index is 702. The van der Waals surface area contributed by atoms with Gasteiger partial charge in [0.05, 0.1) is 12.0 Å². The van der Waals surface area contributed by atoms with Crippen molar-refractivity contribution in [1.82, 2.24) is 5.01 Å². The molecule has 0 radical (unpaired) electrons. The number of amidine groups is 1. The molecule has 5 heteroatoms. The highest BCUT2D eigenvalue weighted by molar-refractivity contribution is 6.12. The number of amides is 1. The van der Waals surface area contributed by atoms with Crippen LogP contribution in [0.3, 0.4) is 0 Å². The highest BCUT2D eigenvalue weighted by Gasteiger charge is 2.29. The van der Waals surface area contributed by atoms with Crippen LogP contribution in [0.15, 0.2) is 63.8 Å². The van der Waals surface area contributed by atoms with Gasteiger partial charge in [0, 0.05) is 13.1 Å². The first-order valence-corrected chi connectivity index (χ1v) is 6.60. The van der Waals surface area contributed by atoms with Crippen molar-refractivity contribution in [2.75, 3.05) is 12.1 Å². The van der Waals surface area contributed by atoms with Gasteiger partial charge in [0.25, 0.3) is 5.91 Å². The summed E-state index contributed by atoms with van der Waals surface area (Å²) in [5.74, 6) is 1.15. The van der Waals surface area contributed by atoms with Gasteiger partial charge in [0.15, 0.2) is 0 Å². The molecule has 1 amide bonds. The van der Waals surface area contributed by atoms with Crippen LogP contribution in [-0.2, 0) is 4.79 Å². The average Bonchev–Trinajstić information content (AvgIpc) is 2.99. The van der Waals surface area contributed by atoms with Crippen LogP contribution in [-0.4, -0.2) is 23.8 Å². The van der Waals surface area contributed by atoms with E-state index in [9.17, 15) is 4.79 Å². The summed E-state index contributed by atoms with van der Waals surface area (Å²) >= 11 is 0. The third-order valence-corrected chi connectivity index (χ3v) is 3.28. The van der Waals surface area contributed by atoms with Gasteiger partial charge < -0.3 is 4.42 Å². The van der Waals surface area contributed by atoms with Crippen molar-refractivity contribution in [3.8, 4) is 0 Å². The molecule has 106 valence electrons. The lowest BCUT2D eigenvalue weighted by molar-refractivity contribution is -0.117. The molecule has 1 aliphatic rings. The zero-order chi connectivity index (χ0) is 14.8. The van der Waals surface area contributed by atoms with E-state index in [1.807, 2.05) is 44.3 Å². The predicted octanol–water partition coefficient (Wildman–Crippen LogP) is 2.93. The van der Waals surface area contributed by atoms with E-state index in [1.165, 1.54) is 0 Å². The first-order valence-electron chi connectivity index (χ1n) is 6.60. The second kappa shape index (κ2) is 5.28.